The largest absolute Gasteiger partial charge is 0.481 e. The second kappa shape index (κ2) is 11.5. The van der Waals surface area contributed by atoms with Crippen molar-refractivity contribution in [1.82, 2.24) is 0 Å². The van der Waals surface area contributed by atoms with Crippen LogP contribution in [0.4, 0.5) is 0 Å². The molecule has 8 atom stereocenters. The molecule has 8 unspecified atom stereocenters. The van der Waals surface area contributed by atoms with E-state index in [1.165, 1.54) is 6.92 Å². The number of ether oxygens (including phenoxy) is 8. The van der Waals surface area contributed by atoms with E-state index in [2.05, 4.69) is 0 Å². The highest BCUT2D eigenvalue weighted by molar-refractivity contribution is 5.94. The highest BCUT2D eigenvalue weighted by Crippen LogP contribution is 2.32. The van der Waals surface area contributed by atoms with E-state index >= 15 is 0 Å². The lowest BCUT2D eigenvalue weighted by Gasteiger charge is -2.18. The number of Topliss-reactive ketones (excluding diaryl/α,β-unsaturated/α-hetero) is 1. The molecule has 37 heavy (non-hydrogen) atoms. The van der Waals surface area contributed by atoms with Gasteiger partial charge in [0, 0.05) is 0 Å². The van der Waals surface area contributed by atoms with Gasteiger partial charge in [-0.3, -0.25) is 28.8 Å². The third kappa shape index (κ3) is 6.60. The summed E-state index contributed by atoms with van der Waals surface area (Å²) in [5.41, 5.74) is 0. The predicted molar refractivity (Wildman–Crippen MR) is 111 cm³/mol. The Bertz CT molecular complexity index is 872. The lowest BCUT2D eigenvalue weighted by atomic mass is 10.1. The fourth-order valence-electron chi connectivity index (χ4n) is 4.55. The summed E-state index contributed by atoms with van der Waals surface area (Å²) in [5, 5.41) is 8.66. The fourth-order valence-corrected chi connectivity index (χ4v) is 4.55. The van der Waals surface area contributed by atoms with E-state index in [4.69, 9.17) is 43.0 Å². The smallest absolute Gasteiger partial charge is 0.317 e. The van der Waals surface area contributed by atoms with Crippen LogP contribution in [0.25, 0.3) is 0 Å². The molecule has 0 bridgehead atoms. The third-order valence-corrected chi connectivity index (χ3v) is 6.03. The van der Waals surface area contributed by atoms with Gasteiger partial charge in [0.05, 0.1) is 26.4 Å². The second-order valence-corrected chi connectivity index (χ2v) is 8.93. The van der Waals surface area contributed by atoms with Crippen molar-refractivity contribution in [3.05, 3.63) is 0 Å². The summed E-state index contributed by atoms with van der Waals surface area (Å²) in [6, 6.07) is 0. The van der Waals surface area contributed by atoms with Gasteiger partial charge < -0.3 is 43.0 Å². The number of hydrogen-bond acceptors (Lipinski definition) is 14. The molecule has 0 amide bonds. The quantitative estimate of drug-likeness (QED) is 0.186. The summed E-state index contributed by atoms with van der Waals surface area (Å²) < 4.78 is 42.9. The Morgan fingerprint density at radius 3 is 1.16 bits per heavy atom. The van der Waals surface area contributed by atoms with Crippen LogP contribution in [-0.4, -0.2) is 116 Å². The standard InChI is InChI=1S/C22H26O15/c1-9(23)2-15(26)34-10-5-30-21-12(7-32-19(10)21)36-17(28)4-18(29)37-13-8-33-20-11(6-31-22(13)20)35-16(27)3-14(24)25/h10-13,19-22H,2-8H2,1H3,(H,24,25). The zero-order valence-electron chi connectivity index (χ0n) is 19.7. The average Bonchev–Trinajstić information content (AvgIpc) is 3.53. The van der Waals surface area contributed by atoms with Crippen molar-refractivity contribution in [2.24, 2.45) is 0 Å². The minimum Gasteiger partial charge on any atom is -0.481 e. The lowest BCUT2D eigenvalue weighted by Crippen LogP contribution is -2.37. The first-order valence-electron chi connectivity index (χ1n) is 11.6. The van der Waals surface area contributed by atoms with E-state index in [0.717, 1.165) is 0 Å². The molecule has 0 saturated carbocycles. The second-order valence-electron chi connectivity index (χ2n) is 8.93. The first-order valence-corrected chi connectivity index (χ1v) is 11.6. The van der Waals surface area contributed by atoms with Crippen molar-refractivity contribution in [3.63, 3.8) is 0 Å². The van der Waals surface area contributed by atoms with Gasteiger partial charge in [-0.05, 0) is 6.92 Å². The summed E-state index contributed by atoms with van der Waals surface area (Å²) in [7, 11) is 0. The Morgan fingerprint density at radius 1 is 0.568 bits per heavy atom. The van der Waals surface area contributed by atoms with Crippen LogP contribution in [0.15, 0.2) is 0 Å². The number of aliphatic carboxylic acids is 1. The zero-order valence-corrected chi connectivity index (χ0v) is 19.7. The SMILES string of the molecule is CC(=O)CC(=O)OC1COC2C(OC(=O)CC(=O)OC3COC4C(OC(=O)CC(=O)O)COC34)COC12. The fraction of sp³-hybridized carbons (Fsp3) is 0.727. The van der Waals surface area contributed by atoms with Gasteiger partial charge in [0.1, 0.15) is 49.5 Å². The maximum Gasteiger partial charge on any atom is 0.317 e. The zero-order chi connectivity index (χ0) is 26.7. The van der Waals surface area contributed by atoms with Gasteiger partial charge in [0.2, 0.25) is 0 Å². The van der Waals surface area contributed by atoms with E-state index in [9.17, 15) is 28.8 Å². The summed E-state index contributed by atoms with van der Waals surface area (Å²) in [4.78, 5) is 69.6. The third-order valence-electron chi connectivity index (χ3n) is 6.03. The number of carbonyl (C=O) groups excluding carboxylic acids is 5. The van der Waals surface area contributed by atoms with Crippen LogP contribution >= 0.6 is 0 Å². The minimum atomic E-state index is -1.33. The number of ketones is 1. The Hall–Kier alpha value is -3.14. The molecule has 4 rings (SSSR count). The van der Waals surface area contributed by atoms with Crippen molar-refractivity contribution < 1.29 is 71.8 Å². The summed E-state index contributed by atoms with van der Waals surface area (Å²) >= 11 is 0. The van der Waals surface area contributed by atoms with Crippen LogP contribution in [0.5, 0.6) is 0 Å². The van der Waals surface area contributed by atoms with Crippen molar-refractivity contribution in [1.29, 1.82) is 0 Å². The molecule has 15 heteroatoms. The molecule has 204 valence electrons. The number of carboxylic acids is 1. The van der Waals surface area contributed by atoms with Crippen molar-refractivity contribution in [2.75, 3.05) is 26.4 Å². The van der Waals surface area contributed by atoms with Gasteiger partial charge in [0.25, 0.3) is 0 Å². The molecule has 4 aliphatic rings. The van der Waals surface area contributed by atoms with E-state index in [1.807, 2.05) is 0 Å². The molecule has 0 aromatic heterocycles. The molecular weight excluding hydrogens is 504 g/mol. The minimum absolute atomic E-state index is 0.00587. The molecule has 15 nitrogen and oxygen atoms in total. The summed E-state index contributed by atoms with van der Waals surface area (Å²) in [6.45, 7) is 1.10. The number of hydrogen-bond donors (Lipinski definition) is 1. The van der Waals surface area contributed by atoms with Gasteiger partial charge in [0.15, 0.2) is 24.4 Å². The molecule has 4 fully saturated rings. The van der Waals surface area contributed by atoms with E-state index in [1.54, 1.807) is 0 Å². The molecule has 0 radical (unpaired) electrons. The molecule has 0 spiro atoms. The first kappa shape index (κ1) is 26.9. The van der Waals surface area contributed by atoms with Crippen molar-refractivity contribution in [2.45, 2.75) is 75.0 Å². The van der Waals surface area contributed by atoms with Crippen LogP contribution in [0.2, 0.25) is 0 Å². The predicted octanol–water partition coefficient (Wildman–Crippen LogP) is -1.93. The number of carboxylic acid groups (broad SMARTS) is 1. The summed E-state index contributed by atoms with van der Waals surface area (Å²) in [5.74, 6) is -5.11. The molecular formula is C22H26O15. The van der Waals surface area contributed by atoms with Gasteiger partial charge in [-0.15, -0.1) is 0 Å². The first-order chi connectivity index (χ1) is 17.6. The van der Waals surface area contributed by atoms with Crippen molar-refractivity contribution >= 4 is 35.6 Å². The molecule has 0 aromatic rings. The van der Waals surface area contributed by atoms with Crippen LogP contribution in [-0.2, 0) is 66.7 Å². The van der Waals surface area contributed by atoms with Crippen LogP contribution in [0, 0.1) is 0 Å². The molecule has 0 aromatic carbocycles. The number of fused-ring (bicyclic) bond motifs is 2. The number of rotatable bonds is 10. The molecule has 4 heterocycles. The lowest BCUT2D eigenvalue weighted by molar-refractivity contribution is -0.165. The van der Waals surface area contributed by atoms with E-state index in [-0.39, 0.29) is 38.6 Å². The number of esters is 4. The Balaban J connectivity index is 1.19. The molecule has 4 aliphatic heterocycles. The Labute approximate surface area is 209 Å². The van der Waals surface area contributed by atoms with E-state index < -0.39 is 91.5 Å². The highest BCUT2D eigenvalue weighted by atomic mass is 16.7. The van der Waals surface area contributed by atoms with Crippen molar-refractivity contribution in [3.8, 4) is 0 Å². The normalized spacial score (nSPS) is 33.8. The van der Waals surface area contributed by atoms with Gasteiger partial charge in [-0.1, -0.05) is 0 Å². The maximum atomic E-state index is 12.3. The van der Waals surface area contributed by atoms with Crippen LogP contribution in [0.3, 0.4) is 0 Å². The number of carbonyl (C=O) groups is 6. The van der Waals surface area contributed by atoms with E-state index in [0.29, 0.717) is 0 Å². The van der Waals surface area contributed by atoms with Crippen LogP contribution < -0.4 is 0 Å². The molecule has 1 N–H and O–H groups in total. The maximum absolute atomic E-state index is 12.3. The monoisotopic (exact) mass is 530 g/mol. The Kier molecular flexibility index (Phi) is 8.36. The highest BCUT2D eigenvalue weighted by Gasteiger charge is 2.52. The van der Waals surface area contributed by atoms with Crippen LogP contribution in [0.1, 0.15) is 26.2 Å². The van der Waals surface area contributed by atoms with Gasteiger partial charge in [-0.25, -0.2) is 0 Å². The van der Waals surface area contributed by atoms with Gasteiger partial charge in [-0.2, -0.15) is 0 Å². The molecule has 0 aliphatic carbocycles. The topological polar surface area (TPSA) is 196 Å². The van der Waals surface area contributed by atoms with Gasteiger partial charge >= 0.3 is 29.8 Å². The average molecular weight is 530 g/mol. The Morgan fingerprint density at radius 2 is 0.865 bits per heavy atom. The molecule has 4 saturated heterocycles. The summed E-state index contributed by atoms with van der Waals surface area (Å²) in [6.07, 6.45) is -8.06.